The third-order valence-corrected chi connectivity index (χ3v) is 6.03. The number of amides is 2. The van der Waals surface area contributed by atoms with Crippen LogP contribution >= 0.6 is 11.3 Å². The fourth-order valence-electron chi connectivity index (χ4n) is 3.44. The molecule has 2 amide bonds. The Morgan fingerprint density at radius 3 is 2.35 bits per heavy atom. The summed E-state index contributed by atoms with van der Waals surface area (Å²) in [5.41, 5.74) is 1.31. The Kier molecular flexibility index (Phi) is 6.63. The maximum absolute atomic E-state index is 13.0. The molecule has 1 fully saturated rings. The summed E-state index contributed by atoms with van der Waals surface area (Å²) in [5, 5.41) is 14.8. The van der Waals surface area contributed by atoms with Crippen LogP contribution in [0.25, 0.3) is 0 Å². The number of hydrogen-bond acceptors (Lipinski definition) is 6. The molecule has 0 atom stereocenters. The van der Waals surface area contributed by atoms with E-state index in [-0.39, 0.29) is 28.6 Å². The third-order valence-electron chi connectivity index (χ3n) is 5.12. The van der Waals surface area contributed by atoms with Crippen LogP contribution < -0.4 is 10.6 Å². The van der Waals surface area contributed by atoms with Gasteiger partial charge in [-0.05, 0) is 62.3 Å². The number of hydrogen-bond donors (Lipinski definition) is 2. The maximum Gasteiger partial charge on any atom is 0.286 e. The van der Waals surface area contributed by atoms with Crippen LogP contribution in [-0.2, 0) is 11.3 Å². The summed E-state index contributed by atoms with van der Waals surface area (Å²) in [4.78, 5) is 27.0. The zero-order valence-electron chi connectivity index (χ0n) is 16.8. The lowest BCUT2D eigenvalue weighted by Gasteiger charge is -2.30. The van der Waals surface area contributed by atoms with Crippen molar-refractivity contribution in [1.29, 1.82) is 0 Å². The normalized spacial score (nSPS) is 14.9. The van der Waals surface area contributed by atoms with Crippen molar-refractivity contribution >= 4 is 34.5 Å². The average Bonchev–Trinajstić information content (AvgIpc) is 3.25. The van der Waals surface area contributed by atoms with E-state index in [1.807, 2.05) is 30.3 Å². The fraction of sp³-hybridized carbons (Fsp3) is 0.273. The van der Waals surface area contributed by atoms with E-state index in [1.165, 1.54) is 35.6 Å². The number of nitrogens with zero attached hydrogens (tertiary/aromatic N) is 3. The first-order valence-electron chi connectivity index (χ1n) is 10.0. The Labute approximate surface area is 183 Å². The number of piperidine rings is 1. The van der Waals surface area contributed by atoms with Gasteiger partial charge in [-0.2, -0.15) is 0 Å². The number of aromatic nitrogens is 2. The van der Waals surface area contributed by atoms with Crippen LogP contribution in [0.2, 0.25) is 0 Å². The van der Waals surface area contributed by atoms with Crippen LogP contribution in [0.3, 0.4) is 0 Å². The van der Waals surface area contributed by atoms with Gasteiger partial charge in [0.25, 0.3) is 5.91 Å². The van der Waals surface area contributed by atoms with Gasteiger partial charge in [-0.1, -0.05) is 29.5 Å². The minimum Gasteiger partial charge on any atom is -0.326 e. The van der Waals surface area contributed by atoms with E-state index in [0.29, 0.717) is 12.2 Å². The van der Waals surface area contributed by atoms with Gasteiger partial charge in [0.1, 0.15) is 10.8 Å². The van der Waals surface area contributed by atoms with E-state index in [1.54, 1.807) is 0 Å². The minimum absolute atomic E-state index is 0.0112. The highest BCUT2D eigenvalue weighted by molar-refractivity contribution is 7.13. The van der Waals surface area contributed by atoms with Crippen molar-refractivity contribution in [3.05, 3.63) is 70.4 Å². The lowest BCUT2D eigenvalue weighted by Crippen LogP contribution is -2.37. The van der Waals surface area contributed by atoms with Gasteiger partial charge in [-0.3, -0.25) is 14.5 Å². The molecule has 0 aliphatic carbocycles. The van der Waals surface area contributed by atoms with Gasteiger partial charge in [-0.25, -0.2) is 4.39 Å². The summed E-state index contributed by atoms with van der Waals surface area (Å²) in [6.45, 7) is 2.15. The molecular weight excluding hydrogens is 417 g/mol. The van der Waals surface area contributed by atoms with E-state index in [0.717, 1.165) is 36.6 Å². The van der Waals surface area contributed by atoms with Crippen molar-refractivity contribution in [3.63, 3.8) is 0 Å². The van der Waals surface area contributed by atoms with Crippen LogP contribution in [0.5, 0.6) is 0 Å². The molecule has 0 radical (unpaired) electrons. The number of anilines is 2. The molecule has 1 aliphatic rings. The first-order valence-corrected chi connectivity index (χ1v) is 10.9. The van der Waals surface area contributed by atoms with Gasteiger partial charge in [0.05, 0.1) is 6.54 Å². The van der Waals surface area contributed by atoms with Crippen molar-refractivity contribution in [1.82, 2.24) is 15.1 Å². The van der Waals surface area contributed by atoms with Crippen molar-refractivity contribution in [2.75, 3.05) is 23.7 Å². The van der Waals surface area contributed by atoms with Gasteiger partial charge >= 0.3 is 0 Å². The Morgan fingerprint density at radius 2 is 1.65 bits per heavy atom. The second kappa shape index (κ2) is 9.76. The zero-order chi connectivity index (χ0) is 21.6. The molecule has 7 nitrogen and oxygen atoms in total. The van der Waals surface area contributed by atoms with Crippen LogP contribution in [0, 0.1) is 11.7 Å². The van der Waals surface area contributed by atoms with Crippen LogP contribution in [0.1, 0.15) is 27.7 Å². The number of halogens is 1. The minimum atomic E-state index is -0.369. The van der Waals surface area contributed by atoms with Gasteiger partial charge in [-0.15, -0.1) is 10.2 Å². The predicted octanol–water partition coefficient (Wildman–Crippen LogP) is 3.78. The Balaban J connectivity index is 1.25. The number of likely N-dealkylation sites (tertiary alicyclic amines) is 1. The van der Waals surface area contributed by atoms with Crippen LogP contribution in [0.15, 0.2) is 54.6 Å². The van der Waals surface area contributed by atoms with Crippen LogP contribution in [-0.4, -0.2) is 40.0 Å². The maximum atomic E-state index is 13.0. The van der Waals surface area contributed by atoms with E-state index >= 15 is 0 Å². The molecule has 1 aliphatic heterocycles. The zero-order valence-corrected chi connectivity index (χ0v) is 17.6. The molecule has 0 saturated carbocycles. The van der Waals surface area contributed by atoms with Gasteiger partial charge in [0.15, 0.2) is 0 Å². The lowest BCUT2D eigenvalue weighted by atomic mass is 9.96. The van der Waals surface area contributed by atoms with E-state index < -0.39 is 0 Å². The number of benzene rings is 2. The second-order valence-electron chi connectivity index (χ2n) is 7.37. The molecular formula is C22H22FN5O2S. The first-order chi connectivity index (χ1) is 15.1. The largest absolute Gasteiger partial charge is 0.326 e. The number of carbonyl (C=O) groups excluding carboxylic acids is 2. The molecule has 0 unspecified atom stereocenters. The Hall–Kier alpha value is -3.17. The summed E-state index contributed by atoms with van der Waals surface area (Å²) >= 11 is 1.24. The van der Waals surface area contributed by atoms with E-state index in [2.05, 4.69) is 25.7 Å². The monoisotopic (exact) mass is 439 g/mol. The fourth-order valence-corrected chi connectivity index (χ4v) is 4.21. The van der Waals surface area contributed by atoms with Crippen molar-refractivity contribution in [2.24, 2.45) is 5.92 Å². The summed E-state index contributed by atoms with van der Waals surface area (Å²) in [7, 11) is 0. The number of para-hydroxylation sites is 1. The topological polar surface area (TPSA) is 87.2 Å². The molecule has 9 heteroatoms. The van der Waals surface area contributed by atoms with E-state index in [4.69, 9.17) is 0 Å². The van der Waals surface area contributed by atoms with Crippen molar-refractivity contribution < 1.29 is 14.0 Å². The Morgan fingerprint density at radius 1 is 0.968 bits per heavy atom. The smallest absolute Gasteiger partial charge is 0.286 e. The molecule has 0 bridgehead atoms. The SMILES string of the molecule is O=C(Nc1ccc(F)cc1)c1nnc(CN2CCC(C(=O)Nc3ccccc3)CC2)s1. The number of nitrogens with one attached hydrogen (secondary N) is 2. The summed E-state index contributed by atoms with van der Waals surface area (Å²) in [6, 6.07) is 15.0. The van der Waals surface area contributed by atoms with E-state index in [9.17, 15) is 14.0 Å². The van der Waals surface area contributed by atoms with Crippen molar-refractivity contribution in [2.45, 2.75) is 19.4 Å². The highest BCUT2D eigenvalue weighted by Gasteiger charge is 2.26. The molecule has 2 N–H and O–H groups in total. The second-order valence-corrected chi connectivity index (χ2v) is 8.43. The highest BCUT2D eigenvalue weighted by atomic mass is 32.1. The molecule has 2 heterocycles. The quantitative estimate of drug-likeness (QED) is 0.610. The third kappa shape index (κ3) is 5.71. The Bertz CT molecular complexity index is 1030. The highest BCUT2D eigenvalue weighted by Crippen LogP contribution is 2.22. The molecule has 1 saturated heterocycles. The van der Waals surface area contributed by atoms with Crippen LogP contribution in [0.4, 0.5) is 15.8 Å². The summed E-state index contributed by atoms with van der Waals surface area (Å²) in [5.74, 6) is -0.686. The lowest BCUT2D eigenvalue weighted by molar-refractivity contribution is -0.121. The summed E-state index contributed by atoms with van der Waals surface area (Å²) < 4.78 is 13.0. The molecule has 2 aromatic carbocycles. The number of carbonyl (C=O) groups is 2. The molecule has 4 rings (SSSR count). The predicted molar refractivity (Wildman–Crippen MR) is 117 cm³/mol. The number of rotatable bonds is 6. The molecule has 1 aromatic heterocycles. The van der Waals surface area contributed by atoms with Gasteiger partial charge in [0.2, 0.25) is 10.9 Å². The first kappa shape index (κ1) is 21.1. The molecule has 31 heavy (non-hydrogen) atoms. The molecule has 160 valence electrons. The average molecular weight is 440 g/mol. The molecule has 0 spiro atoms. The van der Waals surface area contributed by atoms with Gasteiger partial charge < -0.3 is 10.6 Å². The standard InChI is InChI=1S/C22H22FN5O2S/c23-16-6-8-18(9-7-16)25-21(30)22-27-26-19(31-22)14-28-12-10-15(11-13-28)20(29)24-17-4-2-1-3-5-17/h1-9,15H,10-14H2,(H,24,29)(H,25,30). The molecule has 3 aromatic rings. The summed E-state index contributed by atoms with van der Waals surface area (Å²) in [6.07, 6.45) is 1.55. The van der Waals surface area contributed by atoms with Gasteiger partial charge in [0, 0.05) is 17.3 Å². The van der Waals surface area contributed by atoms with Crippen molar-refractivity contribution in [3.8, 4) is 0 Å².